The lowest BCUT2D eigenvalue weighted by Crippen LogP contribution is -2.08. The third-order valence-electron chi connectivity index (χ3n) is 2.99. The van der Waals surface area contributed by atoms with Gasteiger partial charge in [0.15, 0.2) is 0 Å². The van der Waals surface area contributed by atoms with Crippen molar-refractivity contribution in [3.8, 4) is 0 Å². The molecular formula is C15H14Br2FN. The number of anilines is 1. The van der Waals surface area contributed by atoms with Gasteiger partial charge in [-0.2, -0.15) is 0 Å². The predicted octanol–water partition coefficient (Wildman–Crippen LogP) is 5.83. The number of nitrogens with one attached hydrogen (secondary N) is 1. The van der Waals surface area contributed by atoms with Crippen LogP contribution in [0.5, 0.6) is 0 Å². The molecule has 0 aromatic heterocycles. The molecule has 4 heteroatoms. The molecule has 0 heterocycles. The number of rotatable bonds is 3. The van der Waals surface area contributed by atoms with Crippen molar-refractivity contribution in [1.82, 2.24) is 0 Å². The van der Waals surface area contributed by atoms with E-state index in [0.29, 0.717) is 0 Å². The zero-order valence-electron chi connectivity index (χ0n) is 10.7. The van der Waals surface area contributed by atoms with Crippen molar-refractivity contribution in [2.75, 3.05) is 5.32 Å². The molecule has 0 spiro atoms. The molecule has 19 heavy (non-hydrogen) atoms. The van der Waals surface area contributed by atoms with E-state index in [1.807, 2.05) is 12.1 Å². The normalized spacial score (nSPS) is 12.3. The van der Waals surface area contributed by atoms with Gasteiger partial charge in [0.2, 0.25) is 0 Å². The van der Waals surface area contributed by atoms with E-state index in [9.17, 15) is 4.39 Å². The van der Waals surface area contributed by atoms with Crippen LogP contribution < -0.4 is 5.32 Å². The lowest BCUT2D eigenvalue weighted by molar-refractivity contribution is 0.625. The summed E-state index contributed by atoms with van der Waals surface area (Å²) in [6.45, 7) is 4.11. The smallest absolute Gasteiger partial charge is 0.124 e. The van der Waals surface area contributed by atoms with Crippen LogP contribution in [0.2, 0.25) is 0 Å². The van der Waals surface area contributed by atoms with Crippen molar-refractivity contribution in [3.63, 3.8) is 0 Å². The molecule has 0 radical (unpaired) electrons. The van der Waals surface area contributed by atoms with Crippen molar-refractivity contribution >= 4 is 37.5 Å². The van der Waals surface area contributed by atoms with E-state index in [1.54, 1.807) is 6.07 Å². The van der Waals surface area contributed by atoms with Crippen LogP contribution >= 0.6 is 31.9 Å². The number of hydrogen-bond acceptors (Lipinski definition) is 1. The molecule has 2 aromatic rings. The molecule has 1 nitrogen and oxygen atoms in total. The van der Waals surface area contributed by atoms with E-state index in [4.69, 9.17) is 0 Å². The highest BCUT2D eigenvalue weighted by molar-refractivity contribution is 9.10. The summed E-state index contributed by atoms with van der Waals surface area (Å²) >= 11 is 6.85. The number of halogens is 3. The zero-order valence-corrected chi connectivity index (χ0v) is 13.8. The first-order valence-electron chi connectivity index (χ1n) is 5.95. The SMILES string of the molecule is Cc1cc(Br)ccc1NC(C)c1ccc(F)cc1Br. The molecular weight excluding hydrogens is 373 g/mol. The van der Waals surface area contributed by atoms with Crippen molar-refractivity contribution in [2.24, 2.45) is 0 Å². The predicted molar refractivity (Wildman–Crippen MR) is 85.0 cm³/mol. The van der Waals surface area contributed by atoms with Crippen LogP contribution in [-0.4, -0.2) is 0 Å². The van der Waals surface area contributed by atoms with Gasteiger partial charge >= 0.3 is 0 Å². The third kappa shape index (κ3) is 3.57. The average molecular weight is 387 g/mol. The molecule has 2 rings (SSSR count). The maximum absolute atomic E-state index is 13.1. The number of aryl methyl sites for hydroxylation is 1. The molecule has 0 saturated heterocycles. The molecule has 0 aliphatic rings. The van der Waals surface area contributed by atoms with Crippen LogP contribution in [0.25, 0.3) is 0 Å². The van der Waals surface area contributed by atoms with E-state index in [0.717, 1.165) is 20.2 Å². The first-order valence-corrected chi connectivity index (χ1v) is 7.53. The summed E-state index contributed by atoms with van der Waals surface area (Å²) in [4.78, 5) is 0. The van der Waals surface area contributed by atoms with Crippen molar-refractivity contribution in [1.29, 1.82) is 0 Å². The highest BCUT2D eigenvalue weighted by Crippen LogP contribution is 2.29. The van der Waals surface area contributed by atoms with Gasteiger partial charge in [-0.05, 0) is 55.3 Å². The lowest BCUT2D eigenvalue weighted by Gasteiger charge is -2.19. The molecule has 0 fully saturated rings. The summed E-state index contributed by atoms with van der Waals surface area (Å²) in [5, 5.41) is 3.44. The van der Waals surface area contributed by atoms with Crippen LogP contribution in [0.15, 0.2) is 45.3 Å². The molecule has 2 aromatic carbocycles. The highest BCUT2D eigenvalue weighted by atomic mass is 79.9. The Morgan fingerprint density at radius 1 is 1.11 bits per heavy atom. The van der Waals surface area contributed by atoms with Crippen LogP contribution in [0.3, 0.4) is 0 Å². The second-order valence-corrected chi connectivity index (χ2v) is 6.26. The van der Waals surface area contributed by atoms with E-state index in [1.165, 1.54) is 17.7 Å². The minimum absolute atomic E-state index is 0.0925. The van der Waals surface area contributed by atoms with Crippen molar-refractivity contribution in [3.05, 3.63) is 62.3 Å². The second-order valence-electron chi connectivity index (χ2n) is 4.49. The van der Waals surface area contributed by atoms with Crippen LogP contribution in [0.1, 0.15) is 24.1 Å². The standard InChI is InChI=1S/C15H14Br2FN/c1-9-7-11(16)3-6-15(9)19-10(2)13-5-4-12(18)8-14(13)17/h3-8,10,19H,1-2H3. The Hall–Kier alpha value is -0.870. The Bertz CT molecular complexity index is 599. The van der Waals surface area contributed by atoms with Gasteiger partial charge < -0.3 is 5.32 Å². The summed E-state index contributed by atoms with van der Waals surface area (Å²) in [7, 11) is 0. The van der Waals surface area contributed by atoms with Gasteiger partial charge in [-0.15, -0.1) is 0 Å². The van der Waals surface area contributed by atoms with Gasteiger partial charge in [-0.1, -0.05) is 37.9 Å². The van der Waals surface area contributed by atoms with E-state index < -0.39 is 0 Å². The fourth-order valence-corrected chi connectivity index (χ4v) is 3.12. The maximum atomic E-state index is 13.1. The number of hydrogen-bond donors (Lipinski definition) is 1. The molecule has 0 saturated carbocycles. The second kappa shape index (κ2) is 6.06. The Morgan fingerprint density at radius 3 is 2.47 bits per heavy atom. The summed E-state index contributed by atoms with van der Waals surface area (Å²) < 4.78 is 14.9. The largest absolute Gasteiger partial charge is 0.378 e. The van der Waals surface area contributed by atoms with E-state index in [2.05, 4.69) is 57.1 Å². The molecule has 100 valence electrons. The third-order valence-corrected chi connectivity index (χ3v) is 4.17. The summed E-state index contributed by atoms with van der Waals surface area (Å²) in [5.74, 6) is -0.234. The first kappa shape index (κ1) is 14.5. The Labute approximate surface area is 129 Å². The van der Waals surface area contributed by atoms with Gasteiger partial charge in [-0.3, -0.25) is 0 Å². The lowest BCUT2D eigenvalue weighted by atomic mass is 10.1. The Kier molecular flexibility index (Phi) is 4.63. The maximum Gasteiger partial charge on any atom is 0.124 e. The fraction of sp³-hybridized carbons (Fsp3) is 0.200. The molecule has 0 aliphatic carbocycles. The number of benzene rings is 2. The highest BCUT2D eigenvalue weighted by Gasteiger charge is 2.11. The summed E-state index contributed by atoms with van der Waals surface area (Å²) in [6, 6.07) is 11.0. The van der Waals surface area contributed by atoms with Gasteiger partial charge in [0.05, 0.1) is 0 Å². The van der Waals surface area contributed by atoms with Gasteiger partial charge in [-0.25, -0.2) is 4.39 Å². The van der Waals surface area contributed by atoms with Crippen molar-refractivity contribution < 1.29 is 4.39 Å². The fourth-order valence-electron chi connectivity index (χ4n) is 1.95. The quantitative estimate of drug-likeness (QED) is 0.699. The minimum atomic E-state index is -0.234. The van der Waals surface area contributed by atoms with Gasteiger partial charge in [0.25, 0.3) is 0 Å². The van der Waals surface area contributed by atoms with Crippen LogP contribution in [-0.2, 0) is 0 Å². The summed E-state index contributed by atoms with van der Waals surface area (Å²) in [5.41, 5.74) is 3.27. The average Bonchev–Trinajstić information content (AvgIpc) is 2.32. The minimum Gasteiger partial charge on any atom is -0.378 e. The molecule has 0 aliphatic heterocycles. The molecule has 1 unspecified atom stereocenters. The Morgan fingerprint density at radius 2 is 1.84 bits per heavy atom. The zero-order chi connectivity index (χ0) is 14.0. The van der Waals surface area contributed by atoms with E-state index >= 15 is 0 Å². The monoisotopic (exact) mass is 385 g/mol. The molecule has 1 N–H and O–H groups in total. The van der Waals surface area contributed by atoms with E-state index in [-0.39, 0.29) is 11.9 Å². The van der Waals surface area contributed by atoms with Crippen LogP contribution in [0.4, 0.5) is 10.1 Å². The Balaban J connectivity index is 2.23. The topological polar surface area (TPSA) is 12.0 Å². The van der Waals surface area contributed by atoms with Gasteiger partial charge in [0, 0.05) is 20.7 Å². The first-order chi connectivity index (χ1) is 8.97. The van der Waals surface area contributed by atoms with Crippen molar-refractivity contribution in [2.45, 2.75) is 19.9 Å². The van der Waals surface area contributed by atoms with Gasteiger partial charge in [0.1, 0.15) is 5.82 Å². The molecule has 0 amide bonds. The molecule has 0 bridgehead atoms. The molecule has 1 atom stereocenters. The van der Waals surface area contributed by atoms with Crippen LogP contribution in [0, 0.1) is 12.7 Å². The summed E-state index contributed by atoms with van der Waals surface area (Å²) in [6.07, 6.45) is 0.